The van der Waals surface area contributed by atoms with Crippen LogP contribution < -0.4 is 0 Å². The van der Waals surface area contributed by atoms with E-state index in [0.717, 1.165) is 11.2 Å². The van der Waals surface area contributed by atoms with Crippen molar-refractivity contribution >= 4 is 17.6 Å². The predicted octanol–water partition coefficient (Wildman–Crippen LogP) is 3.72. The minimum Gasteiger partial charge on any atom is -0.303 e. The highest BCUT2D eigenvalue weighted by molar-refractivity contribution is 7.15. The zero-order valence-electron chi connectivity index (χ0n) is 8.51. The largest absolute Gasteiger partial charge is 0.303 e. The van der Waals surface area contributed by atoms with Crippen molar-refractivity contribution in [1.82, 2.24) is 0 Å². The van der Waals surface area contributed by atoms with E-state index in [1.54, 1.807) is 11.3 Å². The number of benzene rings is 1. The lowest BCUT2D eigenvalue weighted by molar-refractivity contribution is -0.108. The van der Waals surface area contributed by atoms with Gasteiger partial charge in [0.2, 0.25) is 0 Å². The third-order valence-corrected chi connectivity index (χ3v) is 3.67. The molecule has 0 aliphatic rings. The second-order valence-electron chi connectivity index (χ2n) is 3.49. The molecule has 0 amide bonds. The van der Waals surface area contributed by atoms with E-state index in [9.17, 15) is 4.79 Å². The van der Waals surface area contributed by atoms with E-state index >= 15 is 0 Å². The smallest absolute Gasteiger partial charge is 0.127 e. The molecule has 0 radical (unpaired) electrons. The second kappa shape index (κ2) is 4.41. The van der Waals surface area contributed by atoms with Crippen LogP contribution in [0, 0.1) is 0 Å². The minimum atomic E-state index is 0.00691. The summed E-state index contributed by atoms with van der Waals surface area (Å²) in [5.41, 5.74) is 1.21. The van der Waals surface area contributed by atoms with Gasteiger partial charge in [-0.25, -0.2) is 0 Å². The molecule has 1 aromatic heterocycles. The maximum atomic E-state index is 10.7. The maximum absolute atomic E-state index is 10.7. The van der Waals surface area contributed by atoms with Gasteiger partial charge in [-0.3, -0.25) is 0 Å². The summed E-state index contributed by atoms with van der Waals surface area (Å²) in [5.74, 6) is 0.00691. The SMILES string of the molecule is CC(C=O)c1ccc(-c2ccccc2)s1. The normalized spacial score (nSPS) is 12.3. The summed E-state index contributed by atoms with van der Waals surface area (Å²) in [4.78, 5) is 13.0. The van der Waals surface area contributed by atoms with Crippen molar-refractivity contribution in [2.45, 2.75) is 12.8 Å². The van der Waals surface area contributed by atoms with E-state index in [1.807, 2.05) is 31.2 Å². The lowest BCUT2D eigenvalue weighted by atomic mass is 10.1. The van der Waals surface area contributed by atoms with Crippen LogP contribution in [0.4, 0.5) is 0 Å². The van der Waals surface area contributed by atoms with Crippen LogP contribution in [-0.4, -0.2) is 6.29 Å². The highest BCUT2D eigenvalue weighted by Crippen LogP contribution is 2.31. The number of hydrogen-bond donors (Lipinski definition) is 0. The summed E-state index contributed by atoms with van der Waals surface area (Å²) in [6, 6.07) is 14.3. The van der Waals surface area contributed by atoms with E-state index in [2.05, 4.69) is 18.2 Å². The first-order valence-electron chi connectivity index (χ1n) is 4.91. The Kier molecular flexibility index (Phi) is 2.97. The Labute approximate surface area is 93.4 Å². The van der Waals surface area contributed by atoms with E-state index in [0.29, 0.717) is 0 Å². The van der Waals surface area contributed by atoms with Crippen LogP contribution in [-0.2, 0) is 4.79 Å². The molecule has 1 nitrogen and oxygen atoms in total. The lowest BCUT2D eigenvalue weighted by Gasteiger charge is -1.97. The van der Waals surface area contributed by atoms with Gasteiger partial charge in [-0.1, -0.05) is 37.3 Å². The van der Waals surface area contributed by atoms with Crippen LogP contribution >= 0.6 is 11.3 Å². The molecule has 0 saturated carbocycles. The third-order valence-electron chi connectivity index (χ3n) is 2.34. The first kappa shape index (κ1) is 10.1. The fraction of sp³-hybridized carbons (Fsp3) is 0.154. The van der Waals surface area contributed by atoms with Crippen LogP contribution in [0.2, 0.25) is 0 Å². The summed E-state index contributed by atoms with van der Waals surface area (Å²) in [5, 5.41) is 0. The molecular formula is C13H12OS. The van der Waals surface area contributed by atoms with Gasteiger partial charge < -0.3 is 4.79 Å². The van der Waals surface area contributed by atoms with E-state index in [4.69, 9.17) is 0 Å². The molecule has 0 aliphatic carbocycles. The fourth-order valence-corrected chi connectivity index (χ4v) is 2.44. The standard InChI is InChI=1S/C13H12OS/c1-10(9-14)12-7-8-13(15-12)11-5-3-2-4-6-11/h2-10H,1H3. The first-order chi connectivity index (χ1) is 7.31. The molecule has 0 aliphatic heterocycles. The Morgan fingerprint density at radius 2 is 1.87 bits per heavy atom. The number of rotatable bonds is 3. The van der Waals surface area contributed by atoms with Crippen molar-refractivity contribution in [3.05, 3.63) is 47.3 Å². The molecule has 0 fully saturated rings. The van der Waals surface area contributed by atoms with Crippen LogP contribution in [0.1, 0.15) is 17.7 Å². The molecule has 2 aromatic rings. The summed E-state index contributed by atoms with van der Waals surface area (Å²) in [7, 11) is 0. The number of hydrogen-bond acceptors (Lipinski definition) is 2. The van der Waals surface area contributed by atoms with E-state index in [-0.39, 0.29) is 5.92 Å². The molecule has 1 atom stereocenters. The summed E-state index contributed by atoms with van der Waals surface area (Å²) < 4.78 is 0. The number of carbonyl (C=O) groups is 1. The molecule has 1 heterocycles. The molecule has 0 saturated heterocycles. The first-order valence-corrected chi connectivity index (χ1v) is 5.73. The van der Waals surface area contributed by atoms with Crippen LogP contribution in [0.15, 0.2) is 42.5 Å². The van der Waals surface area contributed by atoms with Gasteiger partial charge in [0.05, 0.1) is 0 Å². The second-order valence-corrected chi connectivity index (χ2v) is 4.61. The van der Waals surface area contributed by atoms with Gasteiger partial charge >= 0.3 is 0 Å². The van der Waals surface area contributed by atoms with Gasteiger partial charge in [-0.2, -0.15) is 0 Å². The van der Waals surface area contributed by atoms with Crippen LogP contribution in [0.3, 0.4) is 0 Å². The van der Waals surface area contributed by atoms with Crippen molar-refractivity contribution in [1.29, 1.82) is 0 Å². The summed E-state index contributed by atoms with van der Waals surface area (Å²) in [6.07, 6.45) is 0.987. The predicted molar refractivity (Wildman–Crippen MR) is 64.2 cm³/mol. The van der Waals surface area contributed by atoms with Crippen molar-refractivity contribution in [3.63, 3.8) is 0 Å². The molecule has 2 rings (SSSR count). The lowest BCUT2D eigenvalue weighted by Crippen LogP contribution is -1.88. The maximum Gasteiger partial charge on any atom is 0.127 e. The molecule has 76 valence electrons. The Morgan fingerprint density at radius 1 is 1.13 bits per heavy atom. The van der Waals surface area contributed by atoms with E-state index in [1.165, 1.54) is 10.4 Å². The molecule has 2 heteroatoms. The Bertz CT molecular complexity index is 445. The van der Waals surface area contributed by atoms with Gasteiger partial charge in [-0.05, 0) is 17.7 Å². The molecule has 1 aromatic carbocycles. The highest BCUT2D eigenvalue weighted by Gasteiger charge is 2.07. The van der Waals surface area contributed by atoms with Gasteiger partial charge in [0, 0.05) is 15.7 Å². The van der Waals surface area contributed by atoms with E-state index < -0.39 is 0 Å². The van der Waals surface area contributed by atoms with Crippen molar-refractivity contribution in [3.8, 4) is 10.4 Å². The molecule has 1 unspecified atom stereocenters. The molecule has 0 bridgehead atoms. The quantitative estimate of drug-likeness (QED) is 0.715. The zero-order valence-corrected chi connectivity index (χ0v) is 9.33. The van der Waals surface area contributed by atoms with Crippen molar-refractivity contribution in [2.24, 2.45) is 0 Å². The number of aldehydes is 1. The Hall–Kier alpha value is -1.41. The van der Waals surface area contributed by atoms with Crippen molar-refractivity contribution < 1.29 is 4.79 Å². The fourth-order valence-electron chi connectivity index (χ4n) is 1.42. The van der Waals surface area contributed by atoms with Gasteiger partial charge in [0.15, 0.2) is 0 Å². The number of carbonyl (C=O) groups excluding carboxylic acids is 1. The average molecular weight is 216 g/mol. The summed E-state index contributed by atoms with van der Waals surface area (Å²) >= 11 is 1.69. The topological polar surface area (TPSA) is 17.1 Å². The van der Waals surface area contributed by atoms with Gasteiger partial charge in [0.1, 0.15) is 6.29 Å². The zero-order chi connectivity index (χ0) is 10.7. The number of thiophene rings is 1. The summed E-state index contributed by atoms with van der Waals surface area (Å²) in [6.45, 7) is 1.92. The molecule has 0 spiro atoms. The van der Waals surface area contributed by atoms with Crippen LogP contribution in [0.5, 0.6) is 0 Å². The minimum absolute atomic E-state index is 0.00691. The molecule has 15 heavy (non-hydrogen) atoms. The Morgan fingerprint density at radius 3 is 2.53 bits per heavy atom. The average Bonchev–Trinajstić information content (AvgIpc) is 2.78. The highest BCUT2D eigenvalue weighted by atomic mass is 32.1. The van der Waals surface area contributed by atoms with Crippen molar-refractivity contribution in [2.75, 3.05) is 0 Å². The van der Waals surface area contributed by atoms with Crippen LogP contribution in [0.25, 0.3) is 10.4 Å². The Balaban J connectivity index is 2.32. The monoisotopic (exact) mass is 216 g/mol. The third kappa shape index (κ3) is 2.16. The molecule has 0 N–H and O–H groups in total. The molecular weight excluding hydrogens is 204 g/mol. The van der Waals surface area contributed by atoms with Gasteiger partial charge in [0.25, 0.3) is 0 Å². The van der Waals surface area contributed by atoms with Gasteiger partial charge in [-0.15, -0.1) is 11.3 Å².